The molecule has 0 amide bonds. The fraction of sp³-hybridized carbons (Fsp3) is 0.600. The first-order valence-electron chi connectivity index (χ1n) is 7.19. The third-order valence-electron chi connectivity index (χ3n) is 4.06. The molecule has 0 bridgehead atoms. The second-order valence-corrected chi connectivity index (χ2v) is 6.37. The predicted molar refractivity (Wildman–Crippen MR) is 84.2 cm³/mol. The highest BCUT2D eigenvalue weighted by atomic mass is 32.2. The van der Waals surface area contributed by atoms with E-state index in [1.54, 1.807) is 18.2 Å². The SMILES string of the molecule is CCC(NC1CCCC1SC)c1cccc([N+](=O)[O-])c1. The molecule has 20 heavy (non-hydrogen) atoms. The van der Waals surface area contributed by atoms with Crippen molar-refractivity contribution >= 4 is 17.4 Å². The first-order valence-corrected chi connectivity index (χ1v) is 8.47. The number of nitrogens with zero attached hydrogens (tertiary/aromatic N) is 1. The van der Waals surface area contributed by atoms with E-state index in [1.807, 2.05) is 17.8 Å². The molecule has 1 aliphatic rings. The van der Waals surface area contributed by atoms with Crippen LogP contribution in [0.25, 0.3) is 0 Å². The number of benzene rings is 1. The highest BCUT2D eigenvalue weighted by molar-refractivity contribution is 7.99. The third-order valence-corrected chi connectivity index (χ3v) is 5.23. The van der Waals surface area contributed by atoms with Crippen LogP contribution in [0.5, 0.6) is 0 Å². The second-order valence-electron chi connectivity index (χ2n) is 5.29. The fourth-order valence-electron chi connectivity index (χ4n) is 2.96. The fourth-order valence-corrected chi connectivity index (χ4v) is 3.91. The van der Waals surface area contributed by atoms with Crippen molar-refractivity contribution in [2.45, 2.75) is 49.9 Å². The summed E-state index contributed by atoms with van der Waals surface area (Å²) >= 11 is 1.93. The van der Waals surface area contributed by atoms with Crippen molar-refractivity contribution < 1.29 is 4.92 Å². The number of thioether (sulfide) groups is 1. The summed E-state index contributed by atoms with van der Waals surface area (Å²) in [4.78, 5) is 10.6. The number of hydrogen-bond acceptors (Lipinski definition) is 4. The van der Waals surface area contributed by atoms with Crippen LogP contribution in [0.1, 0.15) is 44.2 Å². The summed E-state index contributed by atoms with van der Waals surface area (Å²) in [6.45, 7) is 2.12. The third kappa shape index (κ3) is 3.52. The molecule has 1 fully saturated rings. The first-order chi connectivity index (χ1) is 9.65. The molecule has 0 heterocycles. The Kier molecular flexibility index (Phi) is 5.43. The maximum absolute atomic E-state index is 10.9. The number of nitrogens with one attached hydrogen (secondary N) is 1. The molecule has 1 aromatic rings. The lowest BCUT2D eigenvalue weighted by Crippen LogP contribution is -2.36. The summed E-state index contributed by atoms with van der Waals surface area (Å²) in [6, 6.07) is 7.73. The number of nitro groups is 1. The molecule has 0 radical (unpaired) electrons. The van der Waals surface area contributed by atoms with E-state index >= 15 is 0 Å². The zero-order valence-electron chi connectivity index (χ0n) is 12.0. The number of hydrogen-bond donors (Lipinski definition) is 1. The molecule has 3 atom stereocenters. The van der Waals surface area contributed by atoms with Gasteiger partial charge in [0.1, 0.15) is 0 Å². The molecule has 1 aromatic carbocycles. The maximum Gasteiger partial charge on any atom is 0.269 e. The summed E-state index contributed by atoms with van der Waals surface area (Å²) in [5, 5.41) is 15.3. The average Bonchev–Trinajstić information content (AvgIpc) is 2.92. The van der Waals surface area contributed by atoms with Gasteiger partial charge in [0.15, 0.2) is 0 Å². The van der Waals surface area contributed by atoms with Gasteiger partial charge in [-0.3, -0.25) is 10.1 Å². The van der Waals surface area contributed by atoms with Crippen LogP contribution < -0.4 is 5.32 Å². The van der Waals surface area contributed by atoms with Crippen molar-refractivity contribution in [1.82, 2.24) is 5.32 Å². The number of nitro benzene ring substituents is 1. The summed E-state index contributed by atoms with van der Waals surface area (Å²) in [5.74, 6) is 0. The van der Waals surface area contributed by atoms with Crippen molar-refractivity contribution in [3.05, 3.63) is 39.9 Å². The predicted octanol–water partition coefficient (Wildman–Crippen LogP) is 3.92. The van der Waals surface area contributed by atoms with Crippen molar-refractivity contribution in [2.75, 3.05) is 6.26 Å². The molecule has 0 aromatic heterocycles. The van der Waals surface area contributed by atoms with Gasteiger partial charge in [-0.05, 0) is 31.1 Å². The van der Waals surface area contributed by atoms with Gasteiger partial charge >= 0.3 is 0 Å². The molecule has 0 aliphatic heterocycles. The van der Waals surface area contributed by atoms with E-state index in [0.29, 0.717) is 11.3 Å². The van der Waals surface area contributed by atoms with Crippen LogP contribution in [0, 0.1) is 10.1 Å². The Morgan fingerprint density at radius 3 is 2.95 bits per heavy atom. The Morgan fingerprint density at radius 2 is 2.30 bits per heavy atom. The molecule has 5 heteroatoms. The smallest absolute Gasteiger partial charge is 0.269 e. The Morgan fingerprint density at radius 1 is 1.50 bits per heavy atom. The molecule has 0 spiro atoms. The van der Waals surface area contributed by atoms with Gasteiger partial charge in [0.25, 0.3) is 5.69 Å². The molecular weight excluding hydrogens is 272 g/mol. The first kappa shape index (κ1) is 15.3. The van der Waals surface area contributed by atoms with Crippen LogP contribution in [-0.4, -0.2) is 22.5 Å². The van der Waals surface area contributed by atoms with Crippen LogP contribution in [-0.2, 0) is 0 Å². The molecule has 4 nitrogen and oxygen atoms in total. The lowest BCUT2D eigenvalue weighted by Gasteiger charge is -2.26. The van der Waals surface area contributed by atoms with E-state index in [4.69, 9.17) is 0 Å². The van der Waals surface area contributed by atoms with Gasteiger partial charge < -0.3 is 5.32 Å². The van der Waals surface area contributed by atoms with E-state index in [2.05, 4.69) is 18.5 Å². The normalized spacial score (nSPS) is 23.7. The standard InChI is InChI=1S/C15H22N2O2S/c1-3-13(16-14-8-5-9-15(14)20-2)11-6-4-7-12(10-11)17(18)19/h4,6-7,10,13-16H,3,5,8-9H2,1-2H3. The van der Waals surface area contributed by atoms with Crippen LogP contribution in [0.15, 0.2) is 24.3 Å². The van der Waals surface area contributed by atoms with E-state index in [1.165, 1.54) is 19.3 Å². The van der Waals surface area contributed by atoms with Gasteiger partial charge in [0, 0.05) is 29.5 Å². The summed E-state index contributed by atoms with van der Waals surface area (Å²) in [5.41, 5.74) is 1.20. The summed E-state index contributed by atoms with van der Waals surface area (Å²) in [7, 11) is 0. The molecule has 110 valence electrons. The van der Waals surface area contributed by atoms with Crippen molar-refractivity contribution in [3.63, 3.8) is 0 Å². The highest BCUT2D eigenvalue weighted by Gasteiger charge is 2.28. The topological polar surface area (TPSA) is 55.2 Å². The summed E-state index contributed by atoms with van der Waals surface area (Å²) in [6.07, 6.45) is 6.85. The molecule has 1 aliphatic carbocycles. The minimum absolute atomic E-state index is 0.176. The van der Waals surface area contributed by atoms with E-state index in [9.17, 15) is 10.1 Å². The van der Waals surface area contributed by atoms with Crippen LogP contribution >= 0.6 is 11.8 Å². The minimum Gasteiger partial charge on any atom is -0.306 e. The van der Waals surface area contributed by atoms with Crippen molar-refractivity contribution in [1.29, 1.82) is 0 Å². The van der Waals surface area contributed by atoms with Gasteiger partial charge in [0.05, 0.1) is 4.92 Å². The van der Waals surface area contributed by atoms with Crippen LogP contribution in [0.2, 0.25) is 0 Å². The van der Waals surface area contributed by atoms with Crippen molar-refractivity contribution in [2.24, 2.45) is 0 Å². The zero-order valence-corrected chi connectivity index (χ0v) is 12.9. The largest absolute Gasteiger partial charge is 0.306 e. The molecular formula is C15H22N2O2S. The van der Waals surface area contributed by atoms with Gasteiger partial charge in [-0.15, -0.1) is 0 Å². The molecule has 0 saturated heterocycles. The van der Waals surface area contributed by atoms with E-state index < -0.39 is 0 Å². The van der Waals surface area contributed by atoms with Gasteiger partial charge in [-0.1, -0.05) is 25.5 Å². The number of rotatable bonds is 6. The zero-order chi connectivity index (χ0) is 14.5. The van der Waals surface area contributed by atoms with Gasteiger partial charge in [-0.2, -0.15) is 11.8 Å². The van der Waals surface area contributed by atoms with Crippen LogP contribution in [0.4, 0.5) is 5.69 Å². The lowest BCUT2D eigenvalue weighted by molar-refractivity contribution is -0.384. The molecule has 2 rings (SSSR count). The highest BCUT2D eigenvalue weighted by Crippen LogP contribution is 2.31. The molecule has 1 N–H and O–H groups in total. The van der Waals surface area contributed by atoms with Gasteiger partial charge in [0.2, 0.25) is 0 Å². The van der Waals surface area contributed by atoms with Gasteiger partial charge in [-0.25, -0.2) is 0 Å². The van der Waals surface area contributed by atoms with Crippen LogP contribution in [0.3, 0.4) is 0 Å². The average molecular weight is 294 g/mol. The Bertz CT molecular complexity index is 467. The summed E-state index contributed by atoms with van der Waals surface area (Å²) < 4.78 is 0. The Hall–Kier alpha value is -1.07. The van der Waals surface area contributed by atoms with E-state index in [-0.39, 0.29) is 16.7 Å². The monoisotopic (exact) mass is 294 g/mol. The quantitative estimate of drug-likeness (QED) is 0.638. The Labute approximate surface area is 124 Å². The second kappa shape index (κ2) is 7.09. The molecule has 1 saturated carbocycles. The minimum atomic E-state index is -0.323. The number of non-ortho nitro benzene ring substituents is 1. The Balaban J connectivity index is 2.11. The molecule has 3 unspecified atom stereocenters. The van der Waals surface area contributed by atoms with Crippen molar-refractivity contribution in [3.8, 4) is 0 Å². The maximum atomic E-state index is 10.9. The lowest BCUT2D eigenvalue weighted by atomic mass is 10.0. The van der Waals surface area contributed by atoms with E-state index in [0.717, 1.165) is 12.0 Å².